The number of pyridine rings is 1. The van der Waals surface area contributed by atoms with Gasteiger partial charge in [-0.3, -0.25) is 0 Å². The molecular formula is C12H17ClN4O. The molecule has 0 atom stereocenters. The van der Waals surface area contributed by atoms with E-state index in [1.54, 1.807) is 13.2 Å². The number of likely N-dealkylation sites (N-methyl/N-ethyl adjacent to an activating group) is 1. The summed E-state index contributed by atoms with van der Waals surface area (Å²) in [6.07, 6.45) is 0. The molecule has 0 saturated carbocycles. The summed E-state index contributed by atoms with van der Waals surface area (Å²) >= 11 is 5.81. The van der Waals surface area contributed by atoms with Crippen molar-refractivity contribution in [3.63, 3.8) is 0 Å². The highest BCUT2D eigenvalue weighted by atomic mass is 35.5. The van der Waals surface area contributed by atoms with Crippen LogP contribution in [0, 0.1) is 11.3 Å². The van der Waals surface area contributed by atoms with E-state index in [2.05, 4.69) is 15.2 Å². The molecule has 0 saturated heterocycles. The quantitative estimate of drug-likeness (QED) is 0.761. The number of halogens is 1. The maximum atomic E-state index is 8.81. The van der Waals surface area contributed by atoms with E-state index in [1.165, 1.54) is 6.07 Å². The Morgan fingerprint density at radius 2 is 2.28 bits per heavy atom. The monoisotopic (exact) mass is 268 g/mol. The SMILES string of the molecule is COCCN(C)CCNc1cc(C#N)cc(Cl)n1. The lowest BCUT2D eigenvalue weighted by Gasteiger charge is -2.16. The van der Waals surface area contributed by atoms with Crippen LogP contribution >= 0.6 is 11.6 Å². The van der Waals surface area contributed by atoms with Crippen LogP contribution in [0.2, 0.25) is 5.15 Å². The summed E-state index contributed by atoms with van der Waals surface area (Å²) in [7, 11) is 3.71. The van der Waals surface area contributed by atoms with Crippen molar-refractivity contribution < 1.29 is 4.74 Å². The van der Waals surface area contributed by atoms with E-state index in [0.717, 1.165) is 19.6 Å². The summed E-state index contributed by atoms with van der Waals surface area (Å²) in [5, 5.41) is 12.3. The molecule has 5 nitrogen and oxygen atoms in total. The second kappa shape index (κ2) is 7.88. The fourth-order valence-corrected chi connectivity index (χ4v) is 1.59. The Balaban J connectivity index is 2.39. The first-order valence-electron chi connectivity index (χ1n) is 5.64. The van der Waals surface area contributed by atoms with Crippen LogP contribution in [0.4, 0.5) is 5.82 Å². The molecule has 98 valence electrons. The van der Waals surface area contributed by atoms with E-state index >= 15 is 0 Å². The van der Waals surface area contributed by atoms with Gasteiger partial charge in [-0.25, -0.2) is 4.98 Å². The summed E-state index contributed by atoms with van der Waals surface area (Å²) in [4.78, 5) is 6.25. The number of nitrogens with zero attached hydrogens (tertiary/aromatic N) is 3. The molecule has 1 aromatic rings. The van der Waals surface area contributed by atoms with Gasteiger partial charge in [-0.05, 0) is 19.2 Å². The number of ether oxygens (including phenoxy) is 1. The third-order valence-electron chi connectivity index (χ3n) is 2.40. The van der Waals surface area contributed by atoms with Gasteiger partial charge in [0.1, 0.15) is 11.0 Å². The molecule has 18 heavy (non-hydrogen) atoms. The molecule has 0 fully saturated rings. The summed E-state index contributed by atoms with van der Waals surface area (Å²) in [5.41, 5.74) is 0.505. The number of anilines is 1. The van der Waals surface area contributed by atoms with Gasteiger partial charge in [-0.1, -0.05) is 11.6 Å². The largest absolute Gasteiger partial charge is 0.383 e. The van der Waals surface area contributed by atoms with Gasteiger partial charge in [-0.2, -0.15) is 5.26 Å². The number of methoxy groups -OCH3 is 1. The van der Waals surface area contributed by atoms with Gasteiger partial charge in [0.05, 0.1) is 18.2 Å². The zero-order valence-corrected chi connectivity index (χ0v) is 11.4. The predicted molar refractivity (Wildman–Crippen MR) is 71.8 cm³/mol. The van der Waals surface area contributed by atoms with Crippen molar-refractivity contribution in [3.8, 4) is 6.07 Å². The van der Waals surface area contributed by atoms with E-state index in [-0.39, 0.29) is 0 Å². The average molecular weight is 269 g/mol. The minimum atomic E-state index is 0.323. The molecule has 0 unspecified atom stereocenters. The molecule has 0 aromatic carbocycles. The van der Waals surface area contributed by atoms with Crippen molar-refractivity contribution in [2.75, 3.05) is 45.7 Å². The van der Waals surface area contributed by atoms with E-state index in [4.69, 9.17) is 21.6 Å². The van der Waals surface area contributed by atoms with E-state index < -0.39 is 0 Å². The van der Waals surface area contributed by atoms with Crippen LogP contribution in [0.1, 0.15) is 5.56 Å². The summed E-state index contributed by atoms with van der Waals surface area (Å²) in [6.45, 7) is 3.19. The standard InChI is InChI=1S/C12H17ClN4O/c1-17(5-6-18-2)4-3-15-12-8-10(9-14)7-11(13)16-12/h7-8H,3-6H2,1-2H3,(H,15,16). The Morgan fingerprint density at radius 3 is 2.94 bits per heavy atom. The Hall–Kier alpha value is -1.35. The minimum absolute atomic E-state index is 0.323. The summed E-state index contributed by atoms with van der Waals surface area (Å²) in [5.74, 6) is 0.624. The van der Waals surface area contributed by atoms with Crippen molar-refractivity contribution in [1.29, 1.82) is 5.26 Å². The van der Waals surface area contributed by atoms with Crippen LogP contribution in [0.15, 0.2) is 12.1 Å². The first kappa shape index (κ1) is 14.7. The van der Waals surface area contributed by atoms with Crippen LogP contribution < -0.4 is 5.32 Å². The number of aromatic nitrogens is 1. The van der Waals surface area contributed by atoms with Crippen molar-refractivity contribution in [2.24, 2.45) is 0 Å². The Morgan fingerprint density at radius 1 is 1.50 bits per heavy atom. The number of hydrogen-bond acceptors (Lipinski definition) is 5. The minimum Gasteiger partial charge on any atom is -0.383 e. The summed E-state index contributed by atoms with van der Waals surface area (Å²) < 4.78 is 5.00. The number of rotatable bonds is 7. The fourth-order valence-electron chi connectivity index (χ4n) is 1.39. The third-order valence-corrected chi connectivity index (χ3v) is 2.59. The van der Waals surface area contributed by atoms with Gasteiger partial charge < -0.3 is 15.0 Å². The smallest absolute Gasteiger partial charge is 0.132 e. The molecule has 0 bridgehead atoms. The van der Waals surface area contributed by atoms with Crippen LogP contribution in [-0.4, -0.2) is 50.3 Å². The molecule has 0 radical (unpaired) electrons. The summed E-state index contributed by atoms with van der Waals surface area (Å²) in [6, 6.07) is 5.26. The highest BCUT2D eigenvalue weighted by Crippen LogP contribution is 2.13. The molecule has 1 aromatic heterocycles. The molecule has 1 rings (SSSR count). The first-order chi connectivity index (χ1) is 8.65. The first-order valence-corrected chi connectivity index (χ1v) is 6.02. The maximum absolute atomic E-state index is 8.81. The van der Waals surface area contributed by atoms with Crippen LogP contribution in [-0.2, 0) is 4.74 Å². The van der Waals surface area contributed by atoms with Gasteiger partial charge in [0.15, 0.2) is 0 Å². The lowest BCUT2D eigenvalue weighted by atomic mass is 10.3. The van der Waals surface area contributed by atoms with Crippen molar-refractivity contribution >= 4 is 17.4 Å². The molecule has 6 heteroatoms. The third kappa shape index (κ3) is 5.32. The average Bonchev–Trinajstić information content (AvgIpc) is 2.35. The molecule has 0 amide bonds. The molecule has 1 heterocycles. The van der Waals surface area contributed by atoms with Crippen molar-refractivity contribution in [2.45, 2.75) is 0 Å². The van der Waals surface area contributed by atoms with Crippen LogP contribution in [0.3, 0.4) is 0 Å². The number of nitrogens with one attached hydrogen (secondary N) is 1. The zero-order chi connectivity index (χ0) is 13.4. The zero-order valence-electron chi connectivity index (χ0n) is 10.6. The Bertz CT molecular complexity index is 419. The van der Waals surface area contributed by atoms with Gasteiger partial charge in [0, 0.05) is 26.7 Å². The lowest BCUT2D eigenvalue weighted by molar-refractivity contribution is 0.163. The second-order valence-corrected chi connectivity index (χ2v) is 4.29. The Labute approximate surface area is 112 Å². The van der Waals surface area contributed by atoms with Crippen LogP contribution in [0.5, 0.6) is 0 Å². The molecule has 0 aliphatic heterocycles. The highest BCUT2D eigenvalue weighted by molar-refractivity contribution is 6.29. The maximum Gasteiger partial charge on any atom is 0.132 e. The fraction of sp³-hybridized carbons (Fsp3) is 0.500. The topological polar surface area (TPSA) is 61.2 Å². The number of hydrogen-bond donors (Lipinski definition) is 1. The molecule has 0 spiro atoms. The highest BCUT2D eigenvalue weighted by Gasteiger charge is 2.01. The normalized spacial score (nSPS) is 10.4. The van der Waals surface area contributed by atoms with Gasteiger partial charge in [-0.15, -0.1) is 0 Å². The van der Waals surface area contributed by atoms with Crippen molar-refractivity contribution in [1.82, 2.24) is 9.88 Å². The molecule has 0 aliphatic rings. The van der Waals surface area contributed by atoms with Crippen molar-refractivity contribution in [3.05, 3.63) is 22.8 Å². The van der Waals surface area contributed by atoms with E-state index in [9.17, 15) is 0 Å². The molecular weight excluding hydrogens is 252 g/mol. The van der Waals surface area contributed by atoms with Gasteiger partial charge in [0.25, 0.3) is 0 Å². The number of nitriles is 1. The van der Waals surface area contributed by atoms with Gasteiger partial charge in [0.2, 0.25) is 0 Å². The van der Waals surface area contributed by atoms with E-state index in [0.29, 0.717) is 23.1 Å². The molecule has 1 N–H and O–H groups in total. The molecule has 0 aliphatic carbocycles. The van der Waals surface area contributed by atoms with E-state index in [1.807, 2.05) is 13.1 Å². The van der Waals surface area contributed by atoms with Crippen LogP contribution in [0.25, 0.3) is 0 Å². The lowest BCUT2D eigenvalue weighted by Crippen LogP contribution is -2.28. The van der Waals surface area contributed by atoms with Gasteiger partial charge >= 0.3 is 0 Å². The predicted octanol–water partition coefficient (Wildman–Crippen LogP) is 1.60. The second-order valence-electron chi connectivity index (χ2n) is 3.90. The Kier molecular flexibility index (Phi) is 6.44.